The molecule has 25 heavy (non-hydrogen) atoms. The van der Waals surface area contributed by atoms with E-state index >= 15 is 0 Å². The Morgan fingerprint density at radius 2 is 1.96 bits per heavy atom. The summed E-state index contributed by atoms with van der Waals surface area (Å²) in [4.78, 5) is 21.9. The molecule has 2 N–H and O–H groups in total. The van der Waals surface area contributed by atoms with Crippen LogP contribution in [0.2, 0.25) is 0 Å². The fraction of sp³-hybridized carbons (Fsp3) is 0.579. The first kappa shape index (κ1) is 20.9. The molecule has 0 radical (unpaired) electrons. The highest BCUT2D eigenvalue weighted by Crippen LogP contribution is 2.25. The van der Waals surface area contributed by atoms with Crippen LogP contribution in [0.3, 0.4) is 0 Å². The lowest BCUT2D eigenvalue weighted by Crippen LogP contribution is -2.15. The molecule has 6 heteroatoms. The van der Waals surface area contributed by atoms with Crippen LogP contribution >= 0.6 is 0 Å². The van der Waals surface area contributed by atoms with E-state index in [4.69, 9.17) is 10.5 Å². The van der Waals surface area contributed by atoms with Crippen LogP contribution in [0.25, 0.3) is 0 Å². The van der Waals surface area contributed by atoms with Crippen LogP contribution in [-0.4, -0.2) is 25.6 Å². The molecule has 1 atom stereocenters. The molecule has 0 unspecified atom stereocenters. The Hall–Kier alpha value is -2.11. The van der Waals surface area contributed by atoms with Crippen LogP contribution in [0.4, 0.5) is 4.39 Å². The van der Waals surface area contributed by atoms with Gasteiger partial charge in [0, 0.05) is 12.8 Å². The van der Waals surface area contributed by atoms with Gasteiger partial charge >= 0.3 is 5.97 Å². The quantitative estimate of drug-likeness (QED) is 0.489. The van der Waals surface area contributed by atoms with Crippen molar-refractivity contribution >= 4 is 11.9 Å². The van der Waals surface area contributed by atoms with Crippen LogP contribution in [0, 0.1) is 18.7 Å². The number of halogens is 1. The summed E-state index contributed by atoms with van der Waals surface area (Å²) in [6, 6.07) is 3.48. The molecule has 0 aliphatic heterocycles. The van der Waals surface area contributed by atoms with Gasteiger partial charge in [-0.25, -0.2) is 4.39 Å². The van der Waals surface area contributed by atoms with Gasteiger partial charge in [0.05, 0.1) is 13.7 Å². The first-order valence-corrected chi connectivity index (χ1v) is 8.60. The first-order chi connectivity index (χ1) is 11.8. The van der Waals surface area contributed by atoms with Crippen LogP contribution in [-0.2, 0) is 20.7 Å². The Morgan fingerprint density at radius 3 is 2.60 bits per heavy atom. The molecule has 0 spiro atoms. The lowest BCUT2D eigenvalue weighted by Gasteiger charge is -2.15. The minimum atomic E-state index is -0.356. The van der Waals surface area contributed by atoms with Crippen LogP contribution in [0.5, 0.6) is 5.75 Å². The summed E-state index contributed by atoms with van der Waals surface area (Å²) in [5, 5.41) is 0. The number of primary amides is 1. The van der Waals surface area contributed by atoms with Gasteiger partial charge in [-0.05, 0) is 55.7 Å². The summed E-state index contributed by atoms with van der Waals surface area (Å²) in [6.45, 7) is 4.15. The lowest BCUT2D eigenvalue weighted by atomic mass is 10.0. The minimum Gasteiger partial charge on any atom is -0.490 e. The zero-order chi connectivity index (χ0) is 18.8. The maximum absolute atomic E-state index is 14.6. The second-order valence-corrected chi connectivity index (χ2v) is 6.44. The van der Waals surface area contributed by atoms with Crippen molar-refractivity contribution in [2.24, 2.45) is 11.7 Å². The van der Waals surface area contributed by atoms with E-state index in [2.05, 4.69) is 4.74 Å². The van der Waals surface area contributed by atoms with Gasteiger partial charge in [0.25, 0.3) is 0 Å². The highest BCUT2D eigenvalue weighted by molar-refractivity contribution is 5.73. The number of carbonyl (C=O) groups excluding carboxylic acids is 2. The van der Waals surface area contributed by atoms with Crippen molar-refractivity contribution in [2.75, 3.05) is 13.7 Å². The van der Waals surface area contributed by atoms with E-state index in [-0.39, 0.29) is 29.4 Å². The third-order valence-electron chi connectivity index (χ3n) is 3.97. The summed E-state index contributed by atoms with van der Waals surface area (Å²) in [5.74, 6) is -0.614. The molecule has 0 aromatic heterocycles. The fourth-order valence-electron chi connectivity index (χ4n) is 2.49. The fourth-order valence-corrected chi connectivity index (χ4v) is 2.49. The maximum Gasteiger partial charge on any atom is 0.305 e. The monoisotopic (exact) mass is 353 g/mol. The molecule has 0 saturated heterocycles. The maximum atomic E-state index is 14.6. The molecule has 140 valence electrons. The van der Waals surface area contributed by atoms with Gasteiger partial charge in [-0.1, -0.05) is 13.0 Å². The molecule has 0 heterocycles. The topological polar surface area (TPSA) is 78.6 Å². The molecule has 0 bridgehead atoms. The van der Waals surface area contributed by atoms with Gasteiger partial charge in [0.2, 0.25) is 5.91 Å². The standard InChI is InChI=1S/C19H28FNO4/c1-13(8-9-17(21)22)12-25-16-11-14(2)10-15(19(16)20)6-4-5-7-18(23)24-3/h10-11,13H,4-9,12H2,1-3H3,(H2,21,22)/t13-/m0/s1. The Bertz CT molecular complexity index is 589. The van der Waals surface area contributed by atoms with Crippen molar-refractivity contribution in [3.63, 3.8) is 0 Å². The highest BCUT2D eigenvalue weighted by Gasteiger charge is 2.13. The number of hydrogen-bond donors (Lipinski definition) is 1. The van der Waals surface area contributed by atoms with Crippen molar-refractivity contribution < 1.29 is 23.5 Å². The molecule has 1 amide bonds. The number of hydrogen-bond acceptors (Lipinski definition) is 4. The number of amides is 1. The molecule has 0 saturated carbocycles. The van der Waals surface area contributed by atoms with E-state index in [1.807, 2.05) is 13.8 Å². The number of ether oxygens (including phenoxy) is 2. The molecule has 5 nitrogen and oxygen atoms in total. The first-order valence-electron chi connectivity index (χ1n) is 8.60. The predicted octanol–water partition coefficient (Wildman–Crippen LogP) is 3.30. The van der Waals surface area contributed by atoms with Crippen molar-refractivity contribution in [2.45, 2.75) is 52.4 Å². The Labute approximate surface area is 148 Å². The second kappa shape index (κ2) is 10.7. The van der Waals surface area contributed by atoms with Crippen LogP contribution in [0.1, 0.15) is 50.2 Å². The number of esters is 1. The number of benzene rings is 1. The molecule has 0 aliphatic rings. The van der Waals surface area contributed by atoms with Gasteiger partial charge in [-0.15, -0.1) is 0 Å². The Kier molecular flexibility index (Phi) is 8.95. The third kappa shape index (κ3) is 8.01. The van der Waals surface area contributed by atoms with E-state index in [9.17, 15) is 14.0 Å². The average Bonchev–Trinajstić information content (AvgIpc) is 2.57. The van der Waals surface area contributed by atoms with Crippen molar-refractivity contribution in [1.29, 1.82) is 0 Å². The van der Waals surface area contributed by atoms with Crippen molar-refractivity contribution in [3.8, 4) is 5.75 Å². The number of carbonyl (C=O) groups is 2. The number of rotatable bonds is 11. The normalized spacial score (nSPS) is 11.8. The molecular formula is C19H28FNO4. The predicted molar refractivity (Wildman–Crippen MR) is 93.8 cm³/mol. The second-order valence-electron chi connectivity index (χ2n) is 6.44. The molecule has 0 fully saturated rings. The average molecular weight is 353 g/mol. The molecular weight excluding hydrogens is 325 g/mol. The van der Waals surface area contributed by atoms with E-state index in [0.29, 0.717) is 50.7 Å². The number of unbranched alkanes of at least 4 members (excludes halogenated alkanes) is 1. The SMILES string of the molecule is COC(=O)CCCCc1cc(C)cc(OC[C@@H](C)CCC(N)=O)c1F. The van der Waals surface area contributed by atoms with Crippen LogP contribution < -0.4 is 10.5 Å². The van der Waals surface area contributed by atoms with Crippen molar-refractivity contribution in [3.05, 3.63) is 29.1 Å². The molecule has 1 aromatic carbocycles. The number of aryl methyl sites for hydroxylation is 2. The smallest absolute Gasteiger partial charge is 0.305 e. The lowest BCUT2D eigenvalue weighted by molar-refractivity contribution is -0.140. The number of nitrogens with two attached hydrogens (primary N) is 1. The minimum absolute atomic E-state index is 0.107. The van der Waals surface area contributed by atoms with Crippen molar-refractivity contribution in [1.82, 2.24) is 0 Å². The highest BCUT2D eigenvalue weighted by atomic mass is 19.1. The van der Waals surface area contributed by atoms with E-state index in [1.54, 1.807) is 12.1 Å². The Balaban J connectivity index is 2.58. The Morgan fingerprint density at radius 1 is 1.24 bits per heavy atom. The zero-order valence-corrected chi connectivity index (χ0v) is 15.3. The largest absolute Gasteiger partial charge is 0.490 e. The summed E-state index contributed by atoms with van der Waals surface area (Å²) in [5.41, 5.74) is 6.64. The van der Waals surface area contributed by atoms with Gasteiger partial charge in [0.1, 0.15) is 0 Å². The van der Waals surface area contributed by atoms with Crippen LogP contribution in [0.15, 0.2) is 12.1 Å². The number of methoxy groups -OCH3 is 1. The van der Waals surface area contributed by atoms with Gasteiger partial charge in [0.15, 0.2) is 11.6 Å². The van der Waals surface area contributed by atoms with E-state index < -0.39 is 0 Å². The van der Waals surface area contributed by atoms with Gasteiger partial charge in [-0.3, -0.25) is 9.59 Å². The third-order valence-corrected chi connectivity index (χ3v) is 3.97. The molecule has 1 aromatic rings. The van der Waals surface area contributed by atoms with Gasteiger partial charge < -0.3 is 15.2 Å². The summed E-state index contributed by atoms with van der Waals surface area (Å²) >= 11 is 0. The summed E-state index contributed by atoms with van der Waals surface area (Å²) in [6.07, 6.45) is 3.14. The zero-order valence-electron chi connectivity index (χ0n) is 15.3. The molecule has 0 aliphatic carbocycles. The summed E-state index contributed by atoms with van der Waals surface area (Å²) in [7, 11) is 1.36. The van der Waals surface area contributed by atoms with Gasteiger partial charge in [-0.2, -0.15) is 0 Å². The molecule has 1 rings (SSSR count). The van der Waals surface area contributed by atoms with E-state index in [1.165, 1.54) is 7.11 Å². The summed E-state index contributed by atoms with van der Waals surface area (Å²) < 4.78 is 24.8. The van der Waals surface area contributed by atoms with E-state index in [0.717, 1.165) is 5.56 Å².